The molecule has 0 aliphatic heterocycles. The minimum absolute atomic E-state index is 0.272. The van der Waals surface area contributed by atoms with Crippen LogP contribution in [-0.2, 0) is 10.0 Å². The Morgan fingerprint density at radius 1 is 1.38 bits per heavy atom. The summed E-state index contributed by atoms with van der Waals surface area (Å²) in [5.41, 5.74) is -1.07. The summed E-state index contributed by atoms with van der Waals surface area (Å²) in [6.45, 7) is 0. The first-order valence-corrected chi connectivity index (χ1v) is 5.52. The molecule has 1 aromatic rings. The van der Waals surface area contributed by atoms with Gasteiger partial charge in [0.05, 0.1) is 5.56 Å². The minimum Gasteiger partial charge on any atom is -0.478 e. The summed E-state index contributed by atoms with van der Waals surface area (Å²) in [7, 11) is -4.52. The summed E-state index contributed by atoms with van der Waals surface area (Å²) in [5.74, 6) is -4.96. The number of carboxylic acids is 1. The first-order chi connectivity index (χ1) is 7.16. The third-order valence-corrected chi connectivity index (χ3v) is 2.89. The summed E-state index contributed by atoms with van der Waals surface area (Å²) in [6, 6.07) is 0.272. The van der Waals surface area contributed by atoms with Crippen molar-refractivity contribution in [3.63, 3.8) is 0 Å². The lowest BCUT2D eigenvalue weighted by molar-refractivity contribution is 0.0691. The molecule has 5 nitrogen and oxygen atoms in total. The molecule has 0 fully saturated rings. The van der Waals surface area contributed by atoms with Crippen LogP contribution in [0.25, 0.3) is 0 Å². The summed E-state index contributed by atoms with van der Waals surface area (Å²) in [4.78, 5) is 9.34. The Hall–Kier alpha value is -1.25. The van der Waals surface area contributed by atoms with E-state index in [1.165, 1.54) is 0 Å². The Kier molecular flexibility index (Phi) is 3.17. The Labute approximate surface area is 93.5 Å². The zero-order valence-electron chi connectivity index (χ0n) is 7.37. The number of benzene rings is 1. The lowest BCUT2D eigenvalue weighted by Crippen LogP contribution is -2.16. The predicted molar refractivity (Wildman–Crippen MR) is 49.7 cm³/mol. The third kappa shape index (κ3) is 2.13. The SMILES string of the molecule is NS(=O)(=O)c1cc(C(=O)O)c(F)c(Cl)c1F. The van der Waals surface area contributed by atoms with Gasteiger partial charge in [0.25, 0.3) is 0 Å². The highest BCUT2D eigenvalue weighted by Gasteiger charge is 2.25. The number of aromatic carboxylic acids is 1. The molecule has 0 aromatic heterocycles. The van der Waals surface area contributed by atoms with E-state index < -0.39 is 43.1 Å². The highest BCUT2D eigenvalue weighted by atomic mass is 35.5. The van der Waals surface area contributed by atoms with Gasteiger partial charge in [-0.25, -0.2) is 27.1 Å². The van der Waals surface area contributed by atoms with E-state index >= 15 is 0 Å². The van der Waals surface area contributed by atoms with E-state index in [2.05, 4.69) is 5.14 Å². The van der Waals surface area contributed by atoms with Crippen LogP contribution in [0.1, 0.15) is 10.4 Å². The number of hydrogen-bond acceptors (Lipinski definition) is 3. The molecular weight excluding hydrogens is 268 g/mol. The summed E-state index contributed by atoms with van der Waals surface area (Å²) in [6.07, 6.45) is 0. The van der Waals surface area contributed by atoms with Gasteiger partial charge >= 0.3 is 5.97 Å². The molecule has 0 atom stereocenters. The van der Waals surface area contributed by atoms with Crippen LogP contribution in [0.3, 0.4) is 0 Å². The average Bonchev–Trinajstić information content (AvgIpc) is 2.11. The molecule has 0 saturated heterocycles. The second-order valence-electron chi connectivity index (χ2n) is 2.71. The zero-order valence-corrected chi connectivity index (χ0v) is 8.94. The van der Waals surface area contributed by atoms with Crippen LogP contribution >= 0.6 is 11.6 Å². The molecular formula is C7H4ClF2NO4S. The monoisotopic (exact) mass is 271 g/mol. The van der Waals surface area contributed by atoms with Crippen LogP contribution < -0.4 is 5.14 Å². The van der Waals surface area contributed by atoms with E-state index in [1.807, 2.05) is 0 Å². The molecule has 16 heavy (non-hydrogen) atoms. The van der Waals surface area contributed by atoms with Crippen molar-refractivity contribution in [3.05, 3.63) is 28.3 Å². The van der Waals surface area contributed by atoms with Gasteiger partial charge in [-0.3, -0.25) is 0 Å². The molecule has 0 saturated carbocycles. The third-order valence-electron chi connectivity index (χ3n) is 1.65. The van der Waals surface area contributed by atoms with E-state index in [1.54, 1.807) is 0 Å². The molecule has 0 spiro atoms. The molecule has 0 aliphatic carbocycles. The number of nitrogens with two attached hydrogens (primary N) is 1. The van der Waals surface area contributed by atoms with E-state index in [0.29, 0.717) is 0 Å². The average molecular weight is 272 g/mol. The second-order valence-corrected chi connectivity index (χ2v) is 4.62. The lowest BCUT2D eigenvalue weighted by atomic mass is 10.2. The number of carbonyl (C=O) groups is 1. The van der Waals surface area contributed by atoms with Crippen LogP contribution in [0.15, 0.2) is 11.0 Å². The maximum absolute atomic E-state index is 13.2. The van der Waals surface area contributed by atoms with Crippen molar-refractivity contribution in [2.45, 2.75) is 4.90 Å². The normalized spacial score (nSPS) is 11.5. The summed E-state index contributed by atoms with van der Waals surface area (Å²) in [5, 5.41) is 11.9. The quantitative estimate of drug-likeness (QED) is 0.783. The molecule has 1 rings (SSSR count). The van der Waals surface area contributed by atoms with Crippen molar-refractivity contribution < 1.29 is 27.1 Å². The fourth-order valence-corrected chi connectivity index (χ4v) is 1.84. The van der Waals surface area contributed by atoms with Crippen LogP contribution in [0.5, 0.6) is 0 Å². The molecule has 1 aromatic carbocycles. The van der Waals surface area contributed by atoms with Crippen LogP contribution in [0.4, 0.5) is 8.78 Å². The van der Waals surface area contributed by atoms with Crippen LogP contribution in [0, 0.1) is 11.6 Å². The molecule has 0 amide bonds. The van der Waals surface area contributed by atoms with Crippen molar-refractivity contribution in [3.8, 4) is 0 Å². The molecule has 0 unspecified atom stereocenters. The molecule has 3 N–H and O–H groups in total. The van der Waals surface area contributed by atoms with Crippen molar-refractivity contribution in [2.24, 2.45) is 5.14 Å². The van der Waals surface area contributed by atoms with E-state index in [4.69, 9.17) is 16.7 Å². The van der Waals surface area contributed by atoms with Crippen LogP contribution in [-0.4, -0.2) is 19.5 Å². The van der Waals surface area contributed by atoms with E-state index in [0.717, 1.165) is 0 Å². The van der Waals surface area contributed by atoms with Crippen molar-refractivity contribution in [1.82, 2.24) is 0 Å². The number of carboxylic acid groups (broad SMARTS) is 1. The van der Waals surface area contributed by atoms with Crippen molar-refractivity contribution in [1.29, 1.82) is 0 Å². The number of rotatable bonds is 2. The van der Waals surface area contributed by atoms with Gasteiger partial charge in [0.2, 0.25) is 10.0 Å². The Morgan fingerprint density at radius 3 is 2.25 bits per heavy atom. The first kappa shape index (κ1) is 12.8. The smallest absolute Gasteiger partial charge is 0.338 e. The Balaban J connectivity index is 3.74. The molecule has 0 heterocycles. The Bertz CT molecular complexity index is 572. The largest absolute Gasteiger partial charge is 0.478 e. The van der Waals surface area contributed by atoms with Gasteiger partial charge in [0.15, 0.2) is 11.6 Å². The van der Waals surface area contributed by atoms with Gasteiger partial charge in [-0.2, -0.15) is 0 Å². The number of hydrogen-bond donors (Lipinski definition) is 2. The highest BCUT2D eigenvalue weighted by Crippen LogP contribution is 2.27. The molecule has 0 aliphatic rings. The second kappa shape index (κ2) is 3.96. The number of halogens is 3. The van der Waals surface area contributed by atoms with Gasteiger partial charge in [0.1, 0.15) is 9.92 Å². The summed E-state index contributed by atoms with van der Waals surface area (Å²) < 4.78 is 48.0. The van der Waals surface area contributed by atoms with E-state index in [9.17, 15) is 22.0 Å². The van der Waals surface area contributed by atoms with Gasteiger partial charge in [-0.1, -0.05) is 11.6 Å². The van der Waals surface area contributed by atoms with Gasteiger partial charge in [0, 0.05) is 0 Å². The number of primary sulfonamides is 1. The maximum atomic E-state index is 13.2. The van der Waals surface area contributed by atoms with Gasteiger partial charge < -0.3 is 5.11 Å². The molecule has 0 radical (unpaired) electrons. The van der Waals surface area contributed by atoms with Crippen molar-refractivity contribution >= 4 is 27.6 Å². The Morgan fingerprint density at radius 2 is 1.88 bits per heavy atom. The zero-order chi connectivity index (χ0) is 12.7. The fraction of sp³-hybridized carbons (Fsp3) is 0. The minimum atomic E-state index is -4.52. The number of sulfonamides is 1. The predicted octanol–water partition coefficient (Wildman–Crippen LogP) is 0.964. The molecule has 0 bridgehead atoms. The topological polar surface area (TPSA) is 97.5 Å². The molecule has 88 valence electrons. The summed E-state index contributed by atoms with van der Waals surface area (Å²) >= 11 is 5.10. The van der Waals surface area contributed by atoms with Gasteiger partial charge in [-0.15, -0.1) is 0 Å². The lowest BCUT2D eigenvalue weighted by Gasteiger charge is -2.06. The van der Waals surface area contributed by atoms with Gasteiger partial charge in [-0.05, 0) is 6.07 Å². The fourth-order valence-electron chi connectivity index (χ4n) is 0.943. The van der Waals surface area contributed by atoms with Crippen LogP contribution in [0.2, 0.25) is 5.02 Å². The molecule has 9 heteroatoms. The highest BCUT2D eigenvalue weighted by molar-refractivity contribution is 7.89. The standard InChI is InChI=1S/C7H4ClF2NO4S/c8-4-5(9)2(7(12)13)1-3(6(4)10)16(11,14)15/h1H,(H,12,13)(H2,11,14,15). The van der Waals surface area contributed by atoms with Crippen molar-refractivity contribution in [2.75, 3.05) is 0 Å². The first-order valence-electron chi connectivity index (χ1n) is 3.60. The van der Waals surface area contributed by atoms with E-state index in [-0.39, 0.29) is 6.07 Å². The maximum Gasteiger partial charge on any atom is 0.338 e.